The minimum absolute atomic E-state index is 0.0641. The van der Waals surface area contributed by atoms with E-state index < -0.39 is 0 Å². The van der Waals surface area contributed by atoms with Gasteiger partial charge >= 0.3 is 5.97 Å². The Hall–Kier alpha value is -0.610. The summed E-state index contributed by atoms with van der Waals surface area (Å²) in [6.45, 7) is 12.0. The first-order chi connectivity index (χ1) is 13.3. The predicted molar refractivity (Wildman–Crippen MR) is 107 cm³/mol. The number of carbonyl (C=O) groups excluding carboxylic acids is 1. The molecule has 0 radical (unpaired) electrons. The first kappa shape index (κ1) is 19.4. The Morgan fingerprint density at radius 2 is 2.00 bits per heavy atom. The molecule has 2 aliphatic heterocycles. The minimum Gasteiger partial charge on any atom is -0.465 e. The van der Waals surface area contributed by atoms with E-state index in [4.69, 9.17) is 14.2 Å². The van der Waals surface area contributed by atoms with Gasteiger partial charge in [-0.25, -0.2) is 0 Å². The summed E-state index contributed by atoms with van der Waals surface area (Å²) in [5, 5.41) is 0. The summed E-state index contributed by atoms with van der Waals surface area (Å²) in [7, 11) is 0. The van der Waals surface area contributed by atoms with Crippen LogP contribution in [0.25, 0.3) is 0 Å². The molecule has 5 rings (SSSR count). The van der Waals surface area contributed by atoms with Crippen LogP contribution in [-0.4, -0.2) is 36.5 Å². The van der Waals surface area contributed by atoms with Crippen LogP contribution in [0.1, 0.15) is 79.6 Å². The highest BCUT2D eigenvalue weighted by atomic mass is 16.7. The molecular weight excluding hydrogens is 352 g/mol. The monoisotopic (exact) mass is 390 g/mol. The normalized spacial score (nSPS) is 53.5. The molecule has 2 heterocycles. The van der Waals surface area contributed by atoms with E-state index in [1.807, 2.05) is 0 Å². The second-order valence-electron chi connectivity index (χ2n) is 11.3. The van der Waals surface area contributed by atoms with Crippen molar-refractivity contribution in [3.8, 4) is 0 Å². The molecule has 2 unspecified atom stereocenters. The van der Waals surface area contributed by atoms with Gasteiger partial charge in [-0.2, -0.15) is 0 Å². The van der Waals surface area contributed by atoms with Crippen LogP contribution >= 0.6 is 0 Å². The molecule has 4 heteroatoms. The van der Waals surface area contributed by atoms with E-state index >= 15 is 0 Å². The summed E-state index contributed by atoms with van der Waals surface area (Å²) in [5.74, 6) is 1.95. The molecule has 0 aromatic rings. The summed E-state index contributed by atoms with van der Waals surface area (Å²) in [4.78, 5) is 13.6. The molecule has 0 aromatic carbocycles. The lowest BCUT2D eigenvalue weighted by molar-refractivity contribution is -0.175. The van der Waals surface area contributed by atoms with Gasteiger partial charge in [0.25, 0.3) is 0 Å². The summed E-state index contributed by atoms with van der Waals surface area (Å²) < 4.78 is 18.4. The van der Waals surface area contributed by atoms with Gasteiger partial charge in [0.15, 0.2) is 0 Å². The van der Waals surface area contributed by atoms with Crippen molar-refractivity contribution < 1.29 is 19.0 Å². The van der Waals surface area contributed by atoms with Crippen molar-refractivity contribution in [2.45, 2.75) is 103 Å². The third kappa shape index (κ3) is 2.46. The minimum atomic E-state index is -0.293. The fourth-order valence-electron chi connectivity index (χ4n) is 7.85. The molecule has 0 N–H and O–H groups in total. The van der Waals surface area contributed by atoms with Gasteiger partial charge in [-0.1, -0.05) is 34.1 Å². The molecule has 0 spiro atoms. The SMILES string of the molecule is CCCCOC(=O)[C@]12CC[C@@]3(C)CC4O[C@@]4(C)C4O[C@H]4[C@H]3[C@@H]1CC[C@@H]2C(C)C. The van der Waals surface area contributed by atoms with Crippen LogP contribution in [0.4, 0.5) is 0 Å². The molecule has 4 nitrogen and oxygen atoms in total. The molecule has 0 aromatic heterocycles. The Labute approximate surface area is 170 Å². The summed E-state index contributed by atoms with van der Waals surface area (Å²) >= 11 is 0. The number of ether oxygens (including phenoxy) is 3. The first-order valence-corrected chi connectivity index (χ1v) is 11.8. The first-order valence-electron chi connectivity index (χ1n) is 11.8. The summed E-state index contributed by atoms with van der Waals surface area (Å²) in [5.41, 5.74) is -0.133. The van der Waals surface area contributed by atoms with E-state index in [0.29, 0.717) is 36.4 Å². The Morgan fingerprint density at radius 1 is 1.21 bits per heavy atom. The molecule has 0 amide bonds. The molecule has 28 heavy (non-hydrogen) atoms. The van der Waals surface area contributed by atoms with Gasteiger partial charge in [0.1, 0.15) is 11.7 Å². The van der Waals surface area contributed by atoms with Gasteiger partial charge in [0.2, 0.25) is 0 Å². The van der Waals surface area contributed by atoms with Crippen LogP contribution in [0, 0.1) is 34.5 Å². The van der Waals surface area contributed by atoms with Crippen LogP contribution in [0.15, 0.2) is 0 Å². The topological polar surface area (TPSA) is 51.4 Å². The molecule has 0 bridgehead atoms. The summed E-state index contributed by atoms with van der Waals surface area (Å²) in [6, 6.07) is 0. The van der Waals surface area contributed by atoms with Crippen LogP contribution in [0.2, 0.25) is 0 Å². The average molecular weight is 391 g/mol. The zero-order chi connectivity index (χ0) is 19.9. The molecule has 9 atom stereocenters. The predicted octanol–water partition coefficient (Wildman–Crippen LogP) is 4.74. The highest BCUT2D eigenvalue weighted by Gasteiger charge is 2.77. The third-order valence-corrected chi connectivity index (χ3v) is 9.45. The van der Waals surface area contributed by atoms with Crippen molar-refractivity contribution >= 4 is 5.97 Å². The number of epoxide rings is 2. The van der Waals surface area contributed by atoms with Crippen molar-refractivity contribution in [2.75, 3.05) is 6.61 Å². The van der Waals surface area contributed by atoms with Crippen LogP contribution in [0.3, 0.4) is 0 Å². The Bertz CT molecular complexity index is 661. The number of hydrogen-bond donors (Lipinski definition) is 0. The fourth-order valence-corrected chi connectivity index (χ4v) is 7.85. The maximum Gasteiger partial charge on any atom is 0.312 e. The number of esters is 1. The Morgan fingerprint density at radius 3 is 2.71 bits per heavy atom. The molecule has 3 saturated carbocycles. The van der Waals surface area contributed by atoms with Gasteiger partial charge in [-0.15, -0.1) is 0 Å². The molecule has 2 saturated heterocycles. The second-order valence-corrected chi connectivity index (χ2v) is 11.3. The number of unbranched alkanes of at least 4 members (excludes halogenated alkanes) is 1. The highest BCUT2D eigenvalue weighted by molar-refractivity contribution is 5.78. The van der Waals surface area contributed by atoms with Crippen molar-refractivity contribution in [2.24, 2.45) is 34.5 Å². The smallest absolute Gasteiger partial charge is 0.312 e. The number of rotatable bonds is 5. The maximum atomic E-state index is 13.6. The van der Waals surface area contributed by atoms with E-state index in [1.165, 1.54) is 0 Å². The van der Waals surface area contributed by atoms with E-state index in [9.17, 15) is 4.79 Å². The van der Waals surface area contributed by atoms with Crippen molar-refractivity contribution in [3.63, 3.8) is 0 Å². The van der Waals surface area contributed by atoms with E-state index in [1.54, 1.807) is 0 Å². The maximum absolute atomic E-state index is 13.6. The Balaban J connectivity index is 1.49. The molecular formula is C24H38O4. The zero-order valence-corrected chi connectivity index (χ0v) is 18.3. The molecule has 5 fully saturated rings. The number of fused-ring (bicyclic) bond motifs is 7. The van der Waals surface area contributed by atoms with Gasteiger partial charge in [-0.3, -0.25) is 4.79 Å². The van der Waals surface area contributed by atoms with Gasteiger partial charge in [0.05, 0.1) is 24.2 Å². The third-order valence-electron chi connectivity index (χ3n) is 9.45. The van der Waals surface area contributed by atoms with Crippen molar-refractivity contribution in [3.05, 3.63) is 0 Å². The second kappa shape index (κ2) is 6.20. The van der Waals surface area contributed by atoms with Crippen LogP contribution < -0.4 is 0 Å². The lowest BCUT2D eigenvalue weighted by atomic mass is 9.50. The van der Waals surface area contributed by atoms with E-state index in [2.05, 4.69) is 34.6 Å². The number of hydrogen-bond acceptors (Lipinski definition) is 4. The lowest BCUT2D eigenvalue weighted by Gasteiger charge is -2.53. The van der Waals surface area contributed by atoms with Gasteiger partial charge in [-0.05, 0) is 74.5 Å². The standard InChI is InChI=1S/C24H38O4/c1-6-7-12-26-21(25)24-11-10-22(4)13-17-23(5,28-17)20-19(27-20)18(22)16(24)9-8-15(24)14(2)3/h14-20H,6-13H2,1-5H3/t15-,16+,17?,18-,19+,20?,22+,23-,24+/m1/s1. The molecule has 3 aliphatic carbocycles. The van der Waals surface area contributed by atoms with Gasteiger partial charge in [0, 0.05) is 0 Å². The van der Waals surface area contributed by atoms with Crippen LogP contribution in [-0.2, 0) is 19.0 Å². The largest absolute Gasteiger partial charge is 0.465 e. The quantitative estimate of drug-likeness (QED) is 0.386. The zero-order valence-electron chi connectivity index (χ0n) is 18.3. The number of carbonyl (C=O) groups is 1. The lowest BCUT2D eigenvalue weighted by Crippen LogP contribution is -2.54. The van der Waals surface area contributed by atoms with Crippen LogP contribution in [0.5, 0.6) is 0 Å². The van der Waals surface area contributed by atoms with Crippen molar-refractivity contribution in [1.29, 1.82) is 0 Å². The van der Waals surface area contributed by atoms with Crippen molar-refractivity contribution in [1.82, 2.24) is 0 Å². The fraction of sp³-hybridized carbons (Fsp3) is 0.958. The Kier molecular flexibility index (Phi) is 4.29. The molecule has 5 aliphatic rings. The average Bonchev–Trinajstić information content (AvgIpc) is 3.50. The van der Waals surface area contributed by atoms with E-state index in [0.717, 1.165) is 44.9 Å². The summed E-state index contributed by atoms with van der Waals surface area (Å²) in [6.07, 6.45) is 8.43. The van der Waals surface area contributed by atoms with E-state index in [-0.39, 0.29) is 34.6 Å². The highest BCUT2D eigenvalue weighted by Crippen LogP contribution is 2.71. The molecule has 158 valence electrons. The van der Waals surface area contributed by atoms with Gasteiger partial charge < -0.3 is 14.2 Å².